The second-order valence-electron chi connectivity index (χ2n) is 3.90. The summed E-state index contributed by atoms with van der Waals surface area (Å²) in [4.78, 5) is 16.8. The van der Waals surface area contributed by atoms with Crippen LogP contribution in [0.25, 0.3) is 22.2 Å². The third-order valence-corrected chi connectivity index (χ3v) is 2.86. The Hall–Kier alpha value is -2.76. The van der Waals surface area contributed by atoms with Gasteiger partial charge < -0.3 is 0 Å². The molecule has 0 atom stereocenters. The number of fused-ring (bicyclic) bond motifs is 2. The Morgan fingerprint density at radius 1 is 0.833 bits per heavy atom. The van der Waals surface area contributed by atoms with Crippen molar-refractivity contribution in [2.45, 2.75) is 0 Å². The first kappa shape index (κ1) is 9.29. The van der Waals surface area contributed by atoms with E-state index in [1.165, 1.54) is 6.33 Å². The lowest BCUT2D eigenvalue weighted by Crippen LogP contribution is -2.06. The molecule has 0 amide bonds. The van der Waals surface area contributed by atoms with Gasteiger partial charge in [0.1, 0.15) is 24.5 Å². The summed E-state index contributed by atoms with van der Waals surface area (Å²) < 4.78 is 3.77. The van der Waals surface area contributed by atoms with E-state index in [-0.39, 0.29) is 0 Å². The summed E-state index contributed by atoms with van der Waals surface area (Å²) >= 11 is 0. The first-order valence-electron chi connectivity index (χ1n) is 5.49. The van der Waals surface area contributed by atoms with Crippen molar-refractivity contribution in [3.8, 4) is 0 Å². The smallest absolute Gasteiger partial charge is 0.182 e. The Kier molecular flexibility index (Phi) is 1.74. The van der Waals surface area contributed by atoms with Crippen molar-refractivity contribution >= 4 is 22.2 Å². The molecule has 0 bridgehead atoms. The highest BCUT2D eigenvalue weighted by Gasteiger charge is 2.08. The zero-order valence-corrected chi connectivity index (χ0v) is 9.30. The fourth-order valence-corrected chi connectivity index (χ4v) is 2.03. The van der Waals surface area contributed by atoms with Crippen molar-refractivity contribution < 1.29 is 0 Å². The van der Waals surface area contributed by atoms with Crippen LogP contribution in [0.15, 0.2) is 49.4 Å². The van der Waals surface area contributed by atoms with Crippen LogP contribution in [0.3, 0.4) is 0 Å². The summed E-state index contributed by atoms with van der Waals surface area (Å²) in [6.07, 6.45) is 6.68. The number of aromatic nitrogens is 6. The zero-order chi connectivity index (χ0) is 11.9. The van der Waals surface area contributed by atoms with E-state index >= 15 is 0 Å². The minimum absolute atomic E-state index is 0.758. The van der Waals surface area contributed by atoms with Gasteiger partial charge in [0.2, 0.25) is 0 Å². The van der Waals surface area contributed by atoms with E-state index in [0.717, 1.165) is 22.2 Å². The number of nitrogens with zero attached hydrogens (tertiary/aromatic N) is 6. The van der Waals surface area contributed by atoms with Gasteiger partial charge in [-0.25, -0.2) is 29.3 Å². The van der Waals surface area contributed by atoms with Crippen LogP contribution in [-0.4, -0.2) is 29.3 Å². The van der Waals surface area contributed by atoms with Gasteiger partial charge in [0.25, 0.3) is 0 Å². The average Bonchev–Trinajstić information content (AvgIpc) is 3.01. The second kappa shape index (κ2) is 3.36. The summed E-state index contributed by atoms with van der Waals surface area (Å²) in [5.74, 6) is 0. The van der Waals surface area contributed by atoms with Crippen LogP contribution < -0.4 is 0 Å². The normalized spacial score (nSPS) is 11.3. The summed E-state index contributed by atoms with van der Waals surface area (Å²) in [5, 5.41) is 0. The summed E-state index contributed by atoms with van der Waals surface area (Å²) in [5.41, 5.74) is 3.47. The zero-order valence-electron chi connectivity index (χ0n) is 9.30. The van der Waals surface area contributed by atoms with Crippen molar-refractivity contribution in [2.24, 2.45) is 0 Å². The van der Waals surface area contributed by atoms with E-state index in [0.29, 0.717) is 0 Å². The van der Waals surface area contributed by atoms with Crippen LogP contribution in [0.4, 0.5) is 0 Å². The fraction of sp³-hybridized carbons (Fsp3) is 0. The van der Waals surface area contributed by atoms with Crippen molar-refractivity contribution in [2.75, 3.05) is 0 Å². The molecule has 0 radical (unpaired) electrons. The Labute approximate surface area is 102 Å². The van der Waals surface area contributed by atoms with Crippen LogP contribution >= 0.6 is 0 Å². The Bertz CT molecular complexity index is 772. The Balaban J connectivity index is 2.08. The lowest BCUT2D eigenvalue weighted by molar-refractivity contribution is 0.694. The van der Waals surface area contributed by atoms with Crippen LogP contribution in [0, 0.1) is 0 Å². The molecule has 6 heteroatoms. The SMILES string of the molecule is c1ccc2c(c1)ncn2-n1cnc2cncnc21. The van der Waals surface area contributed by atoms with Crippen LogP contribution in [0.2, 0.25) is 0 Å². The van der Waals surface area contributed by atoms with Gasteiger partial charge in [0.05, 0.1) is 17.2 Å². The summed E-state index contributed by atoms with van der Waals surface area (Å²) in [6.45, 7) is 0. The molecule has 1 aromatic carbocycles. The molecule has 0 saturated heterocycles. The molecule has 3 aromatic heterocycles. The highest BCUT2D eigenvalue weighted by Crippen LogP contribution is 2.15. The first-order chi connectivity index (χ1) is 8.93. The third kappa shape index (κ3) is 1.17. The van der Waals surface area contributed by atoms with Crippen molar-refractivity contribution in [3.05, 3.63) is 49.4 Å². The minimum atomic E-state index is 0.758. The largest absolute Gasteiger partial charge is 0.242 e. The van der Waals surface area contributed by atoms with Gasteiger partial charge in [-0.05, 0) is 12.1 Å². The standard InChI is InChI=1S/C12H8N6/c1-2-4-11-9(3-1)15-7-17(11)18-8-16-10-5-13-6-14-12(10)18/h1-8H. The summed E-state index contributed by atoms with van der Waals surface area (Å²) in [6, 6.07) is 7.93. The molecule has 0 aliphatic carbocycles. The predicted molar refractivity (Wildman–Crippen MR) is 65.9 cm³/mol. The van der Waals surface area contributed by atoms with Crippen molar-refractivity contribution in [1.29, 1.82) is 0 Å². The monoisotopic (exact) mass is 236 g/mol. The number of imidazole rings is 2. The number of hydrogen-bond donors (Lipinski definition) is 0. The topological polar surface area (TPSA) is 61.4 Å². The Morgan fingerprint density at radius 2 is 1.67 bits per heavy atom. The second-order valence-corrected chi connectivity index (χ2v) is 3.90. The maximum Gasteiger partial charge on any atom is 0.182 e. The van der Waals surface area contributed by atoms with E-state index in [1.807, 2.05) is 33.6 Å². The van der Waals surface area contributed by atoms with Gasteiger partial charge in [-0.3, -0.25) is 0 Å². The van der Waals surface area contributed by atoms with Crippen LogP contribution in [0.5, 0.6) is 0 Å². The lowest BCUT2D eigenvalue weighted by Gasteiger charge is -2.04. The molecule has 0 unspecified atom stereocenters. The molecule has 0 spiro atoms. The molecule has 0 aliphatic heterocycles. The number of rotatable bonds is 1. The van der Waals surface area contributed by atoms with E-state index in [1.54, 1.807) is 18.9 Å². The molecule has 4 rings (SSSR count). The third-order valence-electron chi connectivity index (χ3n) is 2.86. The molecule has 86 valence electrons. The van der Waals surface area contributed by atoms with Gasteiger partial charge >= 0.3 is 0 Å². The molecule has 6 nitrogen and oxygen atoms in total. The molecule has 0 N–H and O–H groups in total. The number of hydrogen-bond acceptors (Lipinski definition) is 4. The highest BCUT2D eigenvalue weighted by atomic mass is 15.5. The van der Waals surface area contributed by atoms with Crippen molar-refractivity contribution in [3.63, 3.8) is 0 Å². The van der Waals surface area contributed by atoms with E-state index in [4.69, 9.17) is 0 Å². The first-order valence-corrected chi connectivity index (χ1v) is 5.49. The van der Waals surface area contributed by atoms with Crippen molar-refractivity contribution in [1.82, 2.24) is 29.3 Å². The molecular weight excluding hydrogens is 228 g/mol. The van der Waals surface area contributed by atoms with E-state index in [2.05, 4.69) is 19.9 Å². The molecule has 0 aliphatic rings. The van der Waals surface area contributed by atoms with Crippen LogP contribution in [-0.2, 0) is 0 Å². The number of para-hydroxylation sites is 2. The quantitative estimate of drug-likeness (QED) is 0.502. The van der Waals surface area contributed by atoms with E-state index < -0.39 is 0 Å². The molecule has 4 aromatic rings. The van der Waals surface area contributed by atoms with Gasteiger partial charge in [-0.1, -0.05) is 12.1 Å². The van der Waals surface area contributed by atoms with Gasteiger partial charge in [-0.15, -0.1) is 0 Å². The summed E-state index contributed by atoms with van der Waals surface area (Å²) in [7, 11) is 0. The molecule has 18 heavy (non-hydrogen) atoms. The van der Waals surface area contributed by atoms with Crippen LogP contribution in [0.1, 0.15) is 0 Å². The molecule has 0 saturated carbocycles. The van der Waals surface area contributed by atoms with Gasteiger partial charge in [-0.2, -0.15) is 0 Å². The predicted octanol–water partition coefficient (Wildman–Crippen LogP) is 1.49. The highest BCUT2D eigenvalue weighted by molar-refractivity contribution is 5.76. The lowest BCUT2D eigenvalue weighted by atomic mass is 10.3. The molecular formula is C12H8N6. The maximum atomic E-state index is 4.35. The molecule has 3 heterocycles. The average molecular weight is 236 g/mol. The van der Waals surface area contributed by atoms with Gasteiger partial charge in [0.15, 0.2) is 5.65 Å². The number of benzene rings is 1. The Morgan fingerprint density at radius 3 is 2.67 bits per heavy atom. The van der Waals surface area contributed by atoms with Gasteiger partial charge in [0, 0.05) is 0 Å². The fourth-order valence-electron chi connectivity index (χ4n) is 2.03. The molecule has 0 fully saturated rings. The maximum absolute atomic E-state index is 4.35. The van der Waals surface area contributed by atoms with E-state index in [9.17, 15) is 0 Å². The minimum Gasteiger partial charge on any atom is -0.242 e.